The Morgan fingerprint density at radius 2 is 2.04 bits per heavy atom. The first kappa shape index (κ1) is 18.1. The zero-order chi connectivity index (χ0) is 18.2. The molecule has 25 heavy (non-hydrogen) atoms. The summed E-state index contributed by atoms with van der Waals surface area (Å²) >= 11 is 6.19. The summed E-state index contributed by atoms with van der Waals surface area (Å²) < 4.78 is 5.44. The average Bonchev–Trinajstić information content (AvgIpc) is 3.19. The predicted molar refractivity (Wildman–Crippen MR) is 98.3 cm³/mol. The smallest absolute Gasteiger partial charge is 0.246 e. The van der Waals surface area contributed by atoms with Gasteiger partial charge in [0.15, 0.2) is 0 Å². The number of methoxy groups -OCH3 is 1. The maximum atomic E-state index is 13.0. The van der Waals surface area contributed by atoms with Crippen LogP contribution < -0.4 is 15.0 Å². The van der Waals surface area contributed by atoms with Crippen LogP contribution in [0.5, 0.6) is 5.75 Å². The van der Waals surface area contributed by atoms with Crippen LogP contribution in [0.25, 0.3) is 0 Å². The van der Waals surface area contributed by atoms with Crippen molar-refractivity contribution in [3.05, 3.63) is 22.7 Å². The molecule has 6 heteroatoms. The van der Waals surface area contributed by atoms with Crippen molar-refractivity contribution in [2.45, 2.75) is 64.0 Å². The quantitative estimate of drug-likeness (QED) is 0.888. The lowest BCUT2D eigenvalue weighted by Gasteiger charge is -2.35. The van der Waals surface area contributed by atoms with Crippen molar-refractivity contribution in [3.8, 4) is 5.75 Å². The maximum absolute atomic E-state index is 13.0. The zero-order valence-electron chi connectivity index (χ0n) is 15.0. The van der Waals surface area contributed by atoms with Gasteiger partial charge in [-0.15, -0.1) is 0 Å². The summed E-state index contributed by atoms with van der Waals surface area (Å²) in [6.07, 6.45) is 5.16. The van der Waals surface area contributed by atoms with Crippen LogP contribution in [0.2, 0.25) is 5.02 Å². The number of ether oxygens (including phenoxy) is 1. The molecule has 0 spiro atoms. The Kier molecular flexibility index (Phi) is 4.96. The third-order valence-corrected chi connectivity index (χ3v) is 5.86. The first-order valence-corrected chi connectivity index (χ1v) is 9.23. The van der Waals surface area contributed by atoms with Crippen LogP contribution in [-0.4, -0.2) is 30.5 Å². The molecule has 1 aliphatic carbocycles. The molecular weight excluding hydrogens is 340 g/mol. The Balaban J connectivity index is 1.96. The van der Waals surface area contributed by atoms with Gasteiger partial charge < -0.3 is 10.1 Å². The first-order chi connectivity index (χ1) is 11.9. The normalized spacial score (nSPS) is 24.0. The van der Waals surface area contributed by atoms with Gasteiger partial charge in [-0.2, -0.15) is 0 Å². The van der Waals surface area contributed by atoms with E-state index in [0.717, 1.165) is 31.2 Å². The maximum Gasteiger partial charge on any atom is 0.246 e. The number of nitrogens with one attached hydrogen (secondary N) is 1. The standard InChI is InChI=1S/C19H25ClN2O3/c1-12-10-15(16(25-3)11-14(12)20)22-17(23)8-9-19(22,2)18(24)21-13-6-4-5-7-13/h10-11,13H,4-9H2,1-3H3,(H,21,24)/t19-/m1/s1. The SMILES string of the molecule is COc1cc(Cl)c(C)cc1N1C(=O)CC[C@]1(C)C(=O)NC1CCCC1. The number of hydrogen-bond donors (Lipinski definition) is 1. The molecule has 1 N–H and O–H groups in total. The van der Waals surface area contributed by atoms with Crippen molar-refractivity contribution in [1.82, 2.24) is 5.32 Å². The highest BCUT2D eigenvalue weighted by molar-refractivity contribution is 6.31. The Hall–Kier alpha value is -1.75. The third-order valence-electron chi connectivity index (χ3n) is 5.45. The first-order valence-electron chi connectivity index (χ1n) is 8.85. The van der Waals surface area contributed by atoms with Crippen molar-refractivity contribution < 1.29 is 14.3 Å². The monoisotopic (exact) mass is 364 g/mol. The zero-order valence-corrected chi connectivity index (χ0v) is 15.8. The van der Waals surface area contributed by atoms with Crippen LogP contribution in [0, 0.1) is 6.92 Å². The molecule has 2 fully saturated rings. The molecule has 3 rings (SSSR count). The number of benzene rings is 1. The van der Waals surface area contributed by atoms with Crippen LogP contribution in [0.1, 0.15) is 51.0 Å². The van der Waals surface area contributed by atoms with Crippen molar-refractivity contribution in [2.75, 3.05) is 12.0 Å². The molecule has 1 atom stereocenters. The van der Waals surface area contributed by atoms with Gasteiger partial charge in [-0.3, -0.25) is 14.5 Å². The van der Waals surface area contributed by atoms with Crippen molar-refractivity contribution >= 4 is 29.1 Å². The van der Waals surface area contributed by atoms with Gasteiger partial charge in [-0.05, 0) is 44.7 Å². The molecule has 1 saturated heterocycles. The van der Waals surface area contributed by atoms with E-state index in [2.05, 4.69) is 5.32 Å². The van der Waals surface area contributed by atoms with E-state index in [0.29, 0.717) is 29.3 Å². The molecule has 1 aliphatic heterocycles. The molecule has 2 aliphatic rings. The van der Waals surface area contributed by atoms with E-state index < -0.39 is 5.54 Å². The highest BCUT2D eigenvalue weighted by Crippen LogP contribution is 2.42. The predicted octanol–water partition coefficient (Wildman–Crippen LogP) is 3.60. The minimum atomic E-state index is -0.910. The summed E-state index contributed by atoms with van der Waals surface area (Å²) in [6, 6.07) is 3.74. The molecule has 0 unspecified atom stereocenters. The number of hydrogen-bond acceptors (Lipinski definition) is 3. The summed E-state index contributed by atoms with van der Waals surface area (Å²) in [5.74, 6) is 0.356. The van der Waals surface area contributed by atoms with Crippen molar-refractivity contribution in [2.24, 2.45) is 0 Å². The molecule has 1 heterocycles. The fourth-order valence-electron chi connectivity index (χ4n) is 3.86. The van der Waals surface area contributed by atoms with Crippen LogP contribution in [0.4, 0.5) is 5.69 Å². The molecule has 0 bridgehead atoms. The number of aryl methyl sites for hydroxylation is 1. The summed E-state index contributed by atoms with van der Waals surface area (Å²) in [5.41, 5.74) is 0.541. The highest BCUT2D eigenvalue weighted by atomic mass is 35.5. The summed E-state index contributed by atoms with van der Waals surface area (Å²) in [6.45, 7) is 3.72. The fourth-order valence-corrected chi connectivity index (χ4v) is 4.02. The van der Waals surface area contributed by atoms with Crippen LogP contribution in [0.3, 0.4) is 0 Å². The van der Waals surface area contributed by atoms with E-state index in [1.165, 1.54) is 0 Å². The minimum absolute atomic E-state index is 0.0657. The Morgan fingerprint density at radius 3 is 2.68 bits per heavy atom. The molecular formula is C19H25ClN2O3. The summed E-state index contributed by atoms with van der Waals surface area (Å²) in [7, 11) is 1.54. The lowest BCUT2D eigenvalue weighted by Crippen LogP contribution is -2.56. The average molecular weight is 365 g/mol. The molecule has 5 nitrogen and oxygen atoms in total. The number of carbonyl (C=O) groups excluding carboxylic acids is 2. The summed E-state index contributed by atoms with van der Waals surface area (Å²) in [5, 5.41) is 3.72. The van der Waals surface area contributed by atoms with Crippen LogP contribution in [0.15, 0.2) is 12.1 Å². The Labute approximate surface area is 153 Å². The topological polar surface area (TPSA) is 58.6 Å². The van der Waals surface area contributed by atoms with Crippen molar-refractivity contribution in [1.29, 1.82) is 0 Å². The van der Waals surface area contributed by atoms with Gasteiger partial charge in [0.2, 0.25) is 11.8 Å². The molecule has 2 amide bonds. The molecule has 1 aromatic rings. The van der Waals surface area contributed by atoms with Gasteiger partial charge in [0.05, 0.1) is 12.8 Å². The Morgan fingerprint density at radius 1 is 1.36 bits per heavy atom. The van der Waals surface area contributed by atoms with Gasteiger partial charge in [0.1, 0.15) is 11.3 Å². The molecule has 1 saturated carbocycles. The molecule has 0 aromatic heterocycles. The second-order valence-corrected chi connectivity index (χ2v) is 7.64. The fraction of sp³-hybridized carbons (Fsp3) is 0.579. The second kappa shape index (κ2) is 6.87. The van der Waals surface area contributed by atoms with E-state index in [1.807, 2.05) is 19.9 Å². The lowest BCUT2D eigenvalue weighted by atomic mass is 9.96. The van der Waals surface area contributed by atoms with Crippen LogP contribution in [-0.2, 0) is 9.59 Å². The molecule has 0 radical (unpaired) electrons. The van der Waals surface area contributed by atoms with Gasteiger partial charge >= 0.3 is 0 Å². The van der Waals surface area contributed by atoms with Gasteiger partial charge in [0.25, 0.3) is 0 Å². The third kappa shape index (κ3) is 3.22. The van der Waals surface area contributed by atoms with E-state index in [-0.39, 0.29) is 17.9 Å². The largest absolute Gasteiger partial charge is 0.495 e. The summed E-state index contributed by atoms with van der Waals surface area (Å²) in [4.78, 5) is 27.3. The minimum Gasteiger partial charge on any atom is -0.495 e. The van der Waals surface area contributed by atoms with Crippen molar-refractivity contribution in [3.63, 3.8) is 0 Å². The number of amides is 2. The van der Waals surface area contributed by atoms with Gasteiger partial charge in [0, 0.05) is 23.6 Å². The molecule has 136 valence electrons. The van der Waals surface area contributed by atoms with E-state index >= 15 is 0 Å². The lowest BCUT2D eigenvalue weighted by molar-refractivity contribution is -0.127. The number of anilines is 1. The van der Waals surface area contributed by atoms with E-state index in [4.69, 9.17) is 16.3 Å². The molecule has 1 aromatic carbocycles. The van der Waals surface area contributed by atoms with E-state index in [1.54, 1.807) is 18.1 Å². The van der Waals surface area contributed by atoms with Gasteiger partial charge in [-0.1, -0.05) is 24.4 Å². The Bertz CT molecular complexity index is 700. The number of nitrogens with zero attached hydrogens (tertiary/aromatic N) is 1. The highest BCUT2D eigenvalue weighted by Gasteiger charge is 2.49. The second-order valence-electron chi connectivity index (χ2n) is 7.23. The van der Waals surface area contributed by atoms with E-state index in [9.17, 15) is 9.59 Å². The number of rotatable bonds is 4. The van der Waals surface area contributed by atoms with Gasteiger partial charge in [-0.25, -0.2) is 0 Å². The number of carbonyl (C=O) groups is 2. The number of halogens is 1. The van der Waals surface area contributed by atoms with Crippen LogP contribution >= 0.6 is 11.6 Å².